The van der Waals surface area contributed by atoms with Gasteiger partial charge in [-0.15, -0.1) is 11.6 Å². The molecule has 2 aliphatic rings. The third-order valence-corrected chi connectivity index (χ3v) is 4.02. The number of halogens is 1. The van der Waals surface area contributed by atoms with E-state index in [-0.39, 0.29) is 0 Å². The van der Waals surface area contributed by atoms with Gasteiger partial charge in [-0.1, -0.05) is 0 Å². The minimum absolute atomic E-state index is 0.829. The first-order valence-electron chi connectivity index (χ1n) is 5.32. The maximum absolute atomic E-state index is 5.99. The van der Waals surface area contributed by atoms with E-state index in [1.54, 1.807) is 0 Å². The fourth-order valence-corrected chi connectivity index (χ4v) is 3.33. The highest BCUT2D eigenvalue weighted by atomic mass is 35.5. The molecule has 2 saturated heterocycles. The van der Waals surface area contributed by atoms with E-state index in [9.17, 15) is 0 Å². The van der Waals surface area contributed by atoms with Crippen molar-refractivity contribution in [1.82, 2.24) is 0 Å². The van der Waals surface area contributed by atoms with Crippen LogP contribution in [0, 0.1) is 5.92 Å². The van der Waals surface area contributed by atoms with Gasteiger partial charge in [-0.2, -0.15) is 0 Å². The molecule has 12 heavy (non-hydrogen) atoms. The second kappa shape index (κ2) is 3.97. The molecule has 2 heteroatoms. The lowest BCUT2D eigenvalue weighted by molar-refractivity contribution is -0.939. The van der Waals surface area contributed by atoms with Gasteiger partial charge in [0.15, 0.2) is 0 Å². The zero-order valence-electron chi connectivity index (χ0n) is 7.69. The summed E-state index contributed by atoms with van der Waals surface area (Å²) in [5.74, 6) is 1.73. The Kier molecular flexibility index (Phi) is 2.92. The average molecular weight is 189 g/mol. The molecule has 0 radical (unpaired) electrons. The monoisotopic (exact) mass is 188 g/mol. The van der Waals surface area contributed by atoms with Crippen molar-refractivity contribution in [3.8, 4) is 0 Å². The number of piperidine rings is 2. The highest BCUT2D eigenvalue weighted by Crippen LogP contribution is 2.20. The van der Waals surface area contributed by atoms with Crippen LogP contribution in [0.15, 0.2) is 0 Å². The number of alkyl halides is 1. The Morgan fingerprint density at radius 3 is 2.75 bits per heavy atom. The summed E-state index contributed by atoms with van der Waals surface area (Å²) in [5.41, 5.74) is 0. The fraction of sp³-hybridized carbons (Fsp3) is 1.00. The zero-order valence-corrected chi connectivity index (χ0v) is 8.45. The van der Waals surface area contributed by atoms with Gasteiger partial charge in [0.2, 0.25) is 0 Å². The normalized spacial score (nSPS) is 42.2. The summed E-state index contributed by atoms with van der Waals surface area (Å²) in [4.78, 5) is 1.86. The van der Waals surface area contributed by atoms with E-state index in [2.05, 4.69) is 0 Å². The van der Waals surface area contributed by atoms with Gasteiger partial charge in [0, 0.05) is 11.8 Å². The second-order valence-electron chi connectivity index (χ2n) is 4.32. The summed E-state index contributed by atoms with van der Waals surface area (Å²) >= 11 is 5.99. The van der Waals surface area contributed by atoms with E-state index < -0.39 is 0 Å². The lowest BCUT2D eigenvalue weighted by Crippen LogP contribution is -3.18. The van der Waals surface area contributed by atoms with Crippen molar-refractivity contribution >= 4 is 11.6 Å². The summed E-state index contributed by atoms with van der Waals surface area (Å²) in [7, 11) is 0. The highest BCUT2D eigenvalue weighted by Gasteiger charge is 2.35. The fourth-order valence-electron chi connectivity index (χ4n) is 2.96. The van der Waals surface area contributed by atoms with Crippen molar-refractivity contribution in [2.24, 2.45) is 5.92 Å². The van der Waals surface area contributed by atoms with Crippen LogP contribution in [0.5, 0.6) is 0 Å². The zero-order chi connectivity index (χ0) is 8.39. The van der Waals surface area contributed by atoms with Crippen molar-refractivity contribution in [1.29, 1.82) is 0 Å². The Hall–Kier alpha value is 0.250. The van der Waals surface area contributed by atoms with Crippen LogP contribution in [0.2, 0.25) is 0 Å². The first-order chi connectivity index (χ1) is 5.92. The molecule has 0 aliphatic carbocycles. The number of quaternary nitrogens is 1. The van der Waals surface area contributed by atoms with Gasteiger partial charge in [-0.3, -0.25) is 0 Å². The van der Waals surface area contributed by atoms with Crippen LogP contribution in [0.25, 0.3) is 0 Å². The number of rotatable bonds is 1. The second-order valence-corrected chi connectivity index (χ2v) is 4.63. The summed E-state index contributed by atoms with van der Waals surface area (Å²) in [5, 5.41) is 0. The third-order valence-electron chi connectivity index (χ3n) is 3.63. The van der Waals surface area contributed by atoms with Crippen LogP contribution in [0.1, 0.15) is 32.1 Å². The minimum Gasteiger partial charge on any atom is -0.332 e. The molecule has 0 bridgehead atoms. The first kappa shape index (κ1) is 8.83. The summed E-state index contributed by atoms with van der Waals surface area (Å²) in [6, 6.07) is 0.921. The average Bonchev–Trinajstić information content (AvgIpc) is 2.17. The summed E-state index contributed by atoms with van der Waals surface area (Å²) in [6.07, 6.45) is 7.12. The molecule has 0 saturated carbocycles. The van der Waals surface area contributed by atoms with Crippen LogP contribution in [0.3, 0.4) is 0 Å². The molecule has 2 rings (SSSR count). The molecule has 0 aromatic carbocycles. The maximum atomic E-state index is 5.99. The number of fused-ring (bicyclic) bond motifs is 1. The Balaban J connectivity index is 1.99. The van der Waals surface area contributed by atoms with Gasteiger partial charge < -0.3 is 4.90 Å². The Bertz CT molecular complexity index is 140. The SMILES string of the molecule is ClC[C@H]1CCC[NH+]2CCCC[C@@H]12. The summed E-state index contributed by atoms with van der Waals surface area (Å²) < 4.78 is 0. The van der Waals surface area contributed by atoms with Crippen LogP contribution in [-0.4, -0.2) is 25.0 Å². The predicted octanol–water partition coefficient (Wildman–Crippen LogP) is 1.07. The molecule has 0 spiro atoms. The maximum Gasteiger partial charge on any atom is 0.0914 e. The largest absolute Gasteiger partial charge is 0.332 e. The van der Waals surface area contributed by atoms with Crippen molar-refractivity contribution < 1.29 is 4.90 Å². The van der Waals surface area contributed by atoms with Crippen molar-refractivity contribution in [2.45, 2.75) is 38.1 Å². The molecule has 0 amide bonds. The van der Waals surface area contributed by atoms with Crippen LogP contribution >= 0.6 is 11.6 Å². The highest BCUT2D eigenvalue weighted by molar-refractivity contribution is 6.18. The van der Waals surface area contributed by atoms with E-state index in [0.29, 0.717) is 0 Å². The third kappa shape index (κ3) is 1.62. The standard InChI is InChI=1S/C10H18ClN/c11-8-9-4-3-7-12-6-2-1-5-10(9)12/h9-10H,1-8H2/p+1/t9-,10+/m1/s1. The quantitative estimate of drug-likeness (QED) is 0.588. The van der Waals surface area contributed by atoms with Crippen molar-refractivity contribution in [3.63, 3.8) is 0 Å². The topological polar surface area (TPSA) is 4.44 Å². The van der Waals surface area contributed by atoms with E-state index in [0.717, 1.165) is 17.8 Å². The lowest BCUT2D eigenvalue weighted by atomic mass is 9.85. The molecular weight excluding hydrogens is 170 g/mol. The van der Waals surface area contributed by atoms with Gasteiger partial charge in [-0.05, 0) is 32.1 Å². The predicted molar refractivity (Wildman–Crippen MR) is 51.8 cm³/mol. The molecule has 2 fully saturated rings. The number of nitrogens with one attached hydrogen (secondary N) is 1. The van der Waals surface area contributed by atoms with E-state index in [1.165, 1.54) is 45.2 Å². The molecular formula is C10H19ClN+. The Morgan fingerprint density at radius 2 is 1.92 bits per heavy atom. The van der Waals surface area contributed by atoms with Gasteiger partial charge in [-0.25, -0.2) is 0 Å². The van der Waals surface area contributed by atoms with Crippen molar-refractivity contribution in [3.05, 3.63) is 0 Å². The molecule has 2 heterocycles. The smallest absolute Gasteiger partial charge is 0.0914 e. The van der Waals surface area contributed by atoms with Gasteiger partial charge >= 0.3 is 0 Å². The molecule has 0 aromatic heterocycles. The van der Waals surface area contributed by atoms with Gasteiger partial charge in [0.25, 0.3) is 0 Å². The summed E-state index contributed by atoms with van der Waals surface area (Å²) in [6.45, 7) is 2.83. The van der Waals surface area contributed by atoms with Gasteiger partial charge in [0.05, 0.1) is 19.1 Å². The molecule has 3 atom stereocenters. The molecule has 70 valence electrons. The van der Waals surface area contributed by atoms with Gasteiger partial charge in [0.1, 0.15) is 0 Å². The Labute approximate surface area is 80.1 Å². The molecule has 0 aromatic rings. The molecule has 1 N–H and O–H groups in total. The Morgan fingerprint density at radius 1 is 1.08 bits per heavy atom. The van der Waals surface area contributed by atoms with Crippen LogP contribution < -0.4 is 4.90 Å². The first-order valence-corrected chi connectivity index (χ1v) is 5.86. The van der Waals surface area contributed by atoms with E-state index in [1.807, 2.05) is 4.90 Å². The lowest BCUT2D eigenvalue weighted by Gasteiger charge is -2.40. The number of hydrogen-bond donors (Lipinski definition) is 1. The minimum atomic E-state index is 0.829. The molecule has 1 nitrogen and oxygen atoms in total. The molecule has 1 unspecified atom stereocenters. The van der Waals surface area contributed by atoms with Crippen LogP contribution in [-0.2, 0) is 0 Å². The van der Waals surface area contributed by atoms with E-state index >= 15 is 0 Å². The van der Waals surface area contributed by atoms with Crippen molar-refractivity contribution in [2.75, 3.05) is 19.0 Å². The number of hydrogen-bond acceptors (Lipinski definition) is 0. The molecule has 2 aliphatic heterocycles. The van der Waals surface area contributed by atoms with Crippen LogP contribution in [0.4, 0.5) is 0 Å². The van der Waals surface area contributed by atoms with E-state index in [4.69, 9.17) is 11.6 Å².